The van der Waals surface area contributed by atoms with Gasteiger partial charge in [-0.1, -0.05) is 6.07 Å². The monoisotopic (exact) mass is 463 g/mol. The van der Waals surface area contributed by atoms with Crippen LogP contribution in [0.5, 0.6) is 0 Å². The molecule has 0 aliphatic carbocycles. The number of amides is 1. The Hall–Kier alpha value is -4.78. The minimum atomic E-state index is -0.322. The van der Waals surface area contributed by atoms with Gasteiger partial charge in [0.15, 0.2) is 0 Å². The van der Waals surface area contributed by atoms with Crippen LogP contribution < -0.4 is 15.5 Å². The summed E-state index contributed by atoms with van der Waals surface area (Å²) in [6.07, 6.45) is 5.11. The number of anilines is 5. The van der Waals surface area contributed by atoms with Crippen LogP contribution in [0, 0.1) is 5.82 Å². The minimum Gasteiger partial charge on any atom is -0.355 e. The maximum Gasteiger partial charge on any atom is 0.258 e. The SMILES string of the molecule is CN(C(=O)c1ccc(Nc2ccnc3ccc(F)cc23)cc1)c1cccc(Nc2ccncc2)c1. The summed E-state index contributed by atoms with van der Waals surface area (Å²) in [6.45, 7) is 0. The normalized spacial score (nSPS) is 10.7. The lowest BCUT2D eigenvalue weighted by atomic mass is 10.1. The molecule has 0 spiro atoms. The molecule has 5 rings (SSSR count). The Balaban J connectivity index is 1.31. The summed E-state index contributed by atoms with van der Waals surface area (Å²) in [5, 5.41) is 7.29. The third-order valence-electron chi connectivity index (χ3n) is 5.62. The van der Waals surface area contributed by atoms with Crippen molar-refractivity contribution in [2.24, 2.45) is 0 Å². The lowest BCUT2D eigenvalue weighted by molar-refractivity contribution is 0.0993. The fraction of sp³-hybridized carbons (Fsp3) is 0.0357. The van der Waals surface area contributed by atoms with Gasteiger partial charge in [-0.2, -0.15) is 0 Å². The van der Waals surface area contributed by atoms with Crippen molar-refractivity contribution >= 4 is 45.2 Å². The largest absolute Gasteiger partial charge is 0.355 e. The van der Waals surface area contributed by atoms with E-state index < -0.39 is 0 Å². The first kappa shape index (κ1) is 22.0. The van der Waals surface area contributed by atoms with Crippen molar-refractivity contribution in [3.8, 4) is 0 Å². The van der Waals surface area contributed by atoms with Gasteiger partial charge < -0.3 is 15.5 Å². The summed E-state index contributed by atoms with van der Waals surface area (Å²) in [6, 6.07) is 24.9. The van der Waals surface area contributed by atoms with Crippen LogP contribution in [-0.2, 0) is 0 Å². The molecule has 2 heterocycles. The Morgan fingerprint density at radius 2 is 1.57 bits per heavy atom. The van der Waals surface area contributed by atoms with Crippen molar-refractivity contribution < 1.29 is 9.18 Å². The van der Waals surface area contributed by atoms with Gasteiger partial charge in [0.25, 0.3) is 5.91 Å². The van der Waals surface area contributed by atoms with E-state index in [1.54, 1.807) is 54.8 Å². The molecule has 35 heavy (non-hydrogen) atoms. The second-order valence-electron chi connectivity index (χ2n) is 8.00. The minimum absolute atomic E-state index is 0.131. The van der Waals surface area contributed by atoms with E-state index in [2.05, 4.69) is 20.6 Å². The number of fused-ring (bicyclic) bond motifs is 1. The molecule has 172 valence electrons. The summed E-state index contributed by atoms with van der Waals surface area (Å²) in [5.41, 5.74) is 5.32. The maximum absolute atomic E-state index is 13.7. The molecule has 2 N–H and O–H groups in total. The number of halogens is 1. The Kier molecular flexibility index (Phi) is 6.05. The fourth-order valence-electron chi connectivity index (χ4n) is 3.78. The highest BCUT2D eigenvalue weighted by atomic mass is 19.1. The van der Waals surface area contributed by atoms with Crippen LogP contribution in [0.15, 0.2) is 104 Å². The Morgan fingerprint density at radius 1 is 0.800 bits per heavy atom. The summed E-state index contributed by atoms with van der Waals surface area (Å²) in [4.78, 5) is 23.0. The summed E-state index contributed by atoms with van der Waals surface area (Å²) < 4.78 is 13.7. The Labute approximate surface area is 202 Å². The van der Waals surface area contributed by atoms with Crippen molar-refractivity contribution in [1.29, 1.82) is 0 Å². The number of carbonyl (C=O) groups is 1. The van der Waals surface area contributed by atoms with Gasteiger partial charge in [-0.05, 0) is 78.9 Å². The lowest BCUT2D eigenvalue weighted by Gasteiger charge is -2.19. The zero-order valence-corrected chi connectivity index (χ0v) is 18.9. The van der Waals surface area contributed by atoms with Crippen LogP contribution >= 0.6 is 0 Å². The summed E-state index contributed by atoms with van der Waals surface area (Å²) >= 11 is 0. The number of nitrogens with zero attached hydrogens (tertiary/aromatic N) is 3. The van der Waals surface area contributed by atoms with E-state index in [4.69, 9.17) is 0 Å². The van der Waals surface area contributed by atoms with Crippen molar-refractivity contribution in [2.75, 3.05) is 22.6 Å². The first-order chi connectivity index (χ1) is 17.1. The van der Waals surface area contributed by atoms with E-state index in [9.17, 15) is 9.18 Å². The molecule has 2 aromatic heterocycles. The molecule has 5 aromatic rings. The van der Waals surface area contributed by atoms with Gasteiger partial charge in [0.2, 0.25) is 0 Å². The molecular weight excluding hydrogens is 441 g/mol. The number of pyridine rings is 2. The molecule has 7 heteroatoms. The first-order valence-electron chi connectivity index (χ1n) is 11.0. The number of rotatable bonds is 6. The molecule has 6 nitrogen and oxygen atoms in total. The van der Waals surface area contributed by atoms with Crippen LogP contribution in [-0.4, -0.2) is 22.9 Å². The van der Waals surface area contributed by atoms with Crippen LogP contribution in [0.1, 0.15) is 10.4 Å². The summed E-state index contributed by atoms with van der Waals surface area (Å²) in [5.74, 6) is -0.452. The number of nitrogens with one attached hydrogen (secondary N) is 2. The van der Waals surface area contributed by atoms with Crippen LogP contribution in [0.4, 0.5) is 32.8 Å². The lowest BCUT2D eigenvalue weighted by Crippen LogP contribution is -2.26. The van der Waals surface area contributed by atoms with Crippen LogP contribution in [0.3, 0.4) is 0 Å². The molecule has 0 saturated heterocycles. The van der Waals surface area contributed by atoms with Gasteiger partial charge in [-0.15, -0.1) is 0 Å². The van der Waals surface area contributed by atoms with E-state index in [1.165, 1.54) is 12.1 Å². The Bertz CT molecular complexity index is 1490. The molecule has 0 saturated carbocycles. The van der Waals surface area contributed by atoms with Crippen molar-refractivity contribution in [2.45, 2.75) is 0 Å². The quantitative estimate of drug-likeness (QED) is 0.299. The second-order valence-corrected chi connectivity index (χ2v) is 8.00. The third-order valence-corrected chi connectivity index (χ3v) is 5.62. The molecule has 0 bridgehead atoms. The highest BCUT2D eigenvalue weighted by Gasteiger charge is 2.14. The molecule has 0 fully saturated rings. The van der Waals surface area contributed by atoms with Gasteiger partial charge in [0.05, 0.1) is 5.52 Å². The predicted octanol–water partition coefficient (Wildman–Crippen LogP) is 6.53. The van der Waals surface area contributed by atoms with Gasteiger partial charge in [-0.3, -0.25) is 14.8 Å². The van der Waals surface area contributed by atoms with Gasteiger partial charge >= 0.3 is 0 Å². The Morgan fingerprint density at radius 3 is 2.37 bits per heavy atom. The summed E-state index contributed by atoms with van der Waals surface area (Å²) in [7, 11) is 1.75. The highest BCUT2D eigenvalue weighted by molar-refractivity contribution is 6.06. The molecular formula is C28H22FN5O. The molecule has 0 atom stereocenters. The van der Waals surface area contributed by atoms with Gasteiger partial charge in [0.1, 0.15) is 5.82 Å². The zero-order valence-electron chi connectivity index (χ0n) is 18.9. The van der Waals surface area contributed by atoms with Gasteiger partial charge in [-0.25, -0.2) is 4.39 Å². The third kappa shape index (κ3) is 4.94. The van der Waals surface area contributed by atoms with Gasteiger partial charge in [0, 0.05) is 65.0 Å². The topological polar surface area (TPSA) is 70.2 Å². The molecule has 0 aliphatic heterocycles. The molecule has 1 amide bonds. The first-order valence-corrected chi connectivity index (χ1v) is 11.0. The molecule has 0 aliphatic rings. The fourth-order valence-corrected chi connectivity index (χ4v) is 3.78. The van der Waals surface area contributed by atoms with Crippen molar-refractivity contribution in [3.63, 3.8) is 0 Å². The number of hydrogen-bond acceptors (Lipinski definition) is 5. The predicted molar refractivity (Wildman–Crippen MR) is 138 cm³/mol. The standard InChI is InChI=1S/C28H22FN5O/c1-34(24-4-2-3-23(18-24)32-22-11-14-30-15-12-22)28(35)19-5-8-21(9-6-19)33-27-13-16-31-26-10-7-20(29)17-25(26)27/h2-18H,1H3,(H,30,32)(H,31,33). The van der Waals surface area contributed by atoms with E-state index in [1.807, 2.05) is 48.5 Å². The molecule has 0 radical (unpaired) electrons. The van der Waals surface area contributed by atoms with E-state index in [0.29, 0.717) is 16.5 Å². The molecule has 3 aromatic carbocycles. The number of hydrogen-bond donors (Lipinski definition) is 2. The van der Waals surface area contributed by atoms with Crippen molar-refractivity contribution in [1.82, 2.24) is 9.97 Å². The smallest absolute Gasteiger partial charge is 0.258 e. The second kappa shape index (κ2) is 9.61. The van der Waals surface area contributed by atoms with E-state index >= 15 is 0 Å². The molecule has 0 unspecified atom stereocenters. The van der Waals surface area contributed by atoms with Crippen molar-refractivity contribution in [3.05, 3.63) is 115 Å². The van der Waals surface area contributed by atoms with Crippen LogP contribution in [0.2, 0.25) is 0 Å². The zero-order chi connectivity index (χ0) is 24.2. The highest BCUT2D eigenvalue weighted by Crippen LogP contribution is 2.27. The van der Waals surface area contributed by atoms with Crippen LogP contribution in [0.25, 0.3) is 10.9 Å². The number of carbonyl (C=O) groups excluding carboxylic acids is 1. The average Bonchev–Trinajstić information content (AvgIpc) is 2.89. The maximum atomic E-state index is 13.7. The van der Waals surface area contributed by atoms with E-state index in [-0.39, 0.29) is 11.7 Å². The number of benzene rings is 3. The average molecular weight is 464 g/mol. The van der Waals surface area contributed by atoms with E-state index in [0.717, 1.165) is 28.4 Å². The number of aromatic nitrogens is 2.